The van der Waals surface area contributed by atoms with Crippen molar-refractivity contribution in [2.24, 2.45) is 5.41 Å². The Kier molecular flexibility index (Phi) is 8.35. The second-order valence-corrected chi connectivity index (χ2v) is 5.58. The molecule has 0 saturated heterocycles. The van der Waals surface area contributed by atoms with Crippen LogP contribution in [0.2, 0.25) is 0 Å². The van der Waals surface area contributed by atoms with Gasteiger partial charge in [-0.3, -0.25) is 0 Å². The van der Waals surface area contributed by atoms with Crippen LogP contribution in [0.4, 0.5) is 13.2 Å². The zero-order valence-electron chi connectivity index (χ0n) is 11.7. The average Bonchev–Trinajstić information content (AvgIpc) is 2.26. The number of rotatable bonds is 9. The van der Waals surface area contributed by atoms with Gasteiger partial charge in [-0.05, 0) is 31.1 Å². The van der Waals surface area contributed by atoms with Crippen molar-refractivity contribution in [2.75, 3.05) is 25.9 Å². The third-order valence-electron chi connectivity index (χ3n) is 3.28. The van der Waals surface area contributed by atoms with Gasteiger partial charge in [-0.2, -0.15) is 25.8 Å². The molecule has 1 nitrogen and oxygen atoms in total. The van der Waals surface area contributed by atoms with Gasteiger partial charge >= 0.3 is 6.18 Å². The number of hydrogen-bond acceptors (Lipinski definition) is 2. The Morgan fingerprint density at radius 2 is 1.50 bits per heavy atom. The van der Waals surface area contributed by atoms with E-state index < -0.39 is 12.6 Å². The second kappa shape index (κ2) is 8.31. The van der Waals surface area contributed by atoms with Crippen LogP contribution in [0, 0.1) is 5.41 Å². The molecule has 0 N–H and O–H groups in total. The van der Waals surface area contributed by atoms with Crippen LogP contribution in [0.5, 0.6) is 0 Å². The van der Waals surface area contributed by atoms with E-state index in [1.165, 1.54) is 0 Å². The molecule has 0 heterocycles. The molecule has 0 aromatic carbocycles. The summed E-state index contributed by atoms with van der Waals surface area (Å²) in [5.41, 5.74) is 0.0625. The van der Waals surface area contributed by atoms with Crippen LogP contribution in [-0.2, 0) is 0 Å². The molecule has 0 rings (SSSR count). The van der Waals surface area contributed by atoms with E-state index in [1.807, 2.05) is 0 Å². The van der Waals surface area contributed by atoms with Crippen LogP contribution in [0.1, 0.15) is 46.0 Å². The molecule has 0 amide bonds. The Morgan fingerprint density at radius 1 is 1.00 bits per heavy atom. The number of nitrogens with zero attached hydrogens (tertiary/aromatic N) is 1. The van der Waals surface area contributed by atoms with Gasteiger partial charge in [0.2, 0.25) is 0 Å². The van der Waals surface area contributed by atoms with Crippen LogP contribution in [0.15, 0.2) is 0 Å². The van der Waals surface area contributed by atoms with Gasteiger partial charge in [-0.1, -0.05) is 26.7 Å². The molecule has 0 aromatic rings. The SMILES string of the molecule is CCCC(CS)(CCC)CN(C)CCC(F)(F)F. The Morgan fingerprint density at radius 3 is 1.83 bits per heavy atom. The van der Waals surface area contributed by atoms with E-state index in [0.29, 0.717) is 6.54 Å². The number of hydrogen-bond donors (Lipinski definition) is 1. The molecule has 110 valence electrons. The number of thiol groups is 1. The van der Waals surface area contributed by atoms with Crippen molar-refractivity contribution in [1.82, 2.24) is 4.90 Å². The number of alkyl halides is 3. The average molecular weight is 285 g/mol. The summed E-state index contributed by atoms with van der Waals surface area (Å²) in [5, 5.41) is 0. The van der Waals surface area contributed by atoms with Crippen LogP contribution in [0.3, 0.4) is 0 Å². The maximum atomic E-state index is 12.2. The van der Waals surface area contributed by atoms with Gasteiger partial charge in [0, 0.05) is 13.1 Å². The third-order valence-corrected chi connectivity index (χ3v) is 3.95. The molecule has 0 bridgehead atoms. The minimum atomic E-state index is -4.06. The van der Waals surface area contributed by atoms with Crippen LogP contribution in [-0.4, -0.2) is 37.0 Å². The van der Waals surface area contributed by atoms with E-state index >= 15 is 0 Å². The molecular formula is C13H26F3NS. The molecule has 0 unspecified atom stereocenters. The van der Waals surface area contributed by atoms with Crippen LogP contribution < -0.4 is 0 Å². The van der Waals surface area contributed by atoms with Crippen molar-refractivity contribution in [1.29, 1.82) is 0 Å². The molecule has 0 aliphatic carbocycles. The highest BCUT2D eigenvalue weighted by Gasteiger charge is 2.31. The standard InChI is InChI=1S/C13H26F3NS/c1-4-6-12(11-18,7-5-2)10-17(3)9-8-13(14,15)16/h18H,4-11H2,1-3H3. The lowest BCUT2D eigenvalue weighted by atomic mass is 9.80. The summed E-state index contributed by atoms with van der Waals surface area (Å²) in [5.74, 6) is 0.741. The second-order valence-electron chi connectivity index (χ2n) is 5.26. The van der Waals surface area contributed by atoms with Gasteiger partial charge in [0.1, 0.15) is 0 Å². The van der Waals surface area contributed by atoms with E-state index in [4.69, 9.17) is 0 Å². The molecule has 5 heteroatoms. The largest absolute Gasteiger partial charge is 0.390 e. The lowest BCUT2D eigenvalue weighted by Crippen LogP contribution is -2.38. The molecule has 18 heavy (non-hydrogen) atoms. The van der Waals surface area contributed by atoms with Gasteiger partial charge < -0.3 is 4.90 Å². The molecule has 0 fully saturated rings. The van der Waals surface area contributed by atoms with Gasteiger partial charge in [-0.15, -0.1) is 0 Å². The van der Waals surface area contributed by atoms with Crippen molar-refractivity contribution in [3.05, 3.63) is 0 Å². The smallest absolute Gasteiger partial charge is 0.305 e. The number of halogens is 3. The predicted molar refractivity (Wildman–Crippen MR) is 74.3 cm³/mol. The van der Waals surface area contributed by atoms with Crippen LogP contribution in [0.25, 0.3) is 0 Å². The summed E-state index contributed by atoms with van der Waals surface area (Å²) in [6.07, 6.45) is -0.638. The fourth-order valence-corrected chi connectivity index (χ4v) is 2.94. The molecular weight excluding hydrogens is 259 g/mol. The summed E-state index contributed by atoms with van der Waals surface area (Å²) in [6, 6.07) is 0. The third kappa shape index (κ3) is 7.52. The summed E-state index contributed by atoms with van der Waals surface area (Å²) < 4.78 is 36.6. The minimum absolute atomic E-state index is 0.0625. The van der Waals surface area contributed by atoms with E-state index in [-0.39, 0.29) is 12.0 Å². The Balaban J connectivity index is 4.37. The van der Waals surface area contributed by atoms with E-state index in [0.717, 1.165) is 31.4 Å². The minimum Gasteiger partial charge on any atom is -0.305 e. The van der Waals surface area contributed by atoms with E-state index in [2.05, 4.69) is 26.5 Å². The van der Waals surface area contributed by atoms with Crippen molar-refractivity contribution in [2.45, 2.75) is 52.1 Å². The monoisotopic (exact) mass is 285 g/mol. The quantitative estimate of drug-likeness (QED) is 0.615. The lowest BCUT2D eigenvalue weighted by Gasteiger charge is -2.36. The Hall–Kier alpha value is 0.100. The fourth-order valence-electron chi connectivity index (χ4n) is 2.52. The first-order chi connectivity index (χ1) is 8.28. The lowest BCUT2D eigenvalue weighted by molar-refractivity contribution is -0.138. The summed E-state index contributed by atoms with van der Waals surface area (Å²) in [4.78, 5) is 1.80. The molecule has 0 spiro atoms. The molecule has 0 aliphatic heterocycles. The highest BCUT2D eigenvalue weighted by Crippen LogP contribution is 2.32. The molecule has 0 saturated carbocycles. The van der Waals surface area contributed by atoms with Crippen molar-refractivity contribution in [3.63, 3.8) is 0 Å². The van der Waals surface area contributed by atoms with Gasteiger partial charge in [0.25, 0.3) is 0 Å². The summed E-state index contributed by atoms with van der Waals surface area (Å²) in [7, 11) is 1.77. The van der Waals surface area contributed by atoms with Gasteiger partial charge in [-0.25, -0.2) is 0 Å². The van der Waals surface area contributed by atoms with Gasteiger partial charge in [0.05, 0.1) is 6.42 Å². The predicted octanol–water partition coefficient (Wildman–Crippen LogP) is 4.39. The van der Waals surface area contributed by atoms with Crippen molar-refractivity contribution >= 4 is 12.6 Å². The van der Waals surface area contributed by atoms with E-state index in [9.17, 15) is 13.2 Å². The topological polar surface area (TPSA) is 3.24 Å². The maximum absolute atomic E-state index is 12.2. The molecule has 0 aliphatic rings. The summed E-state index contributed by atoms with van der Waals surface area (Å²) in [6.45, 7) is 5.01. The first kappa shape index (κ1) is 18.1. The Labute approximate surface area is 115 Å². The normalized spacial score (nSPS) is 13.3. The highest BCUT2D eigenvalue weighted by atomic mass is 32.1. The van der Waals surface area contributed by atoms with Crippen molar-refractivity contribution < 1.29 is 13.2 Å². The zero-order valence-corrected chi connectivity index (χ0v) is 12.6. The van der Waals surface area contributed by atoms with E-state index in [1.54, 1.807) is 11.9 Å². The Bertz CT molecular complexity index is 213. The first-order valence-electron chi connectivity index (χ1n) is 6.64. The van der Waals surface area contributed by atoms with Crippen molar-refractivity contribution in [3.8, 4) is 0 Å². The maximum Gasteiger partial charge on any atom is 0.390 e. The van der Waals surface area contributed by atoms with Gasteiger partial charge in [0.15, 0.2) is 0 Å². The molecule has 0 radical (unpaired) electrons. The summed E-state index contributed by atoms with van der Waals surface area (Å²) >= 11 is 4.42. The first-order valence-corrected chi connectivity index (χ1v) is 7.28. The molecule has 0 aromatic heterocycles. The highest BCUT2D eigenvalue weighted by molar-refractivity contribution is 7.80. The molecule has 0 atom stereocenters. The van der Waals surface area contributed by atoms with Crippen LogP contribution >= 0.6 is 12.6 Å². The fraction of sp³-hybridized carbons (Fsp3) is 1.00. The zero-order chi connectivity index (χ0) is 14.2.